The molecule has 4 heterocycles. The summed E-state index contributed by atoms with van der Waals surface area (Å²) in [6, 6.07) is 10.1. The first-order valence-electron chi connectivity index (χ1n) is 15.2. The van der Waals surface area contributed by atoms with Gasteiger partial charge in [0.25, 0.3) is 17.0 Å². The van der Waals surface area contributed by atoms with Crippen molar-refractivity contribution in [3.63, 3.8) is 0 Å². The van der Waals surface area contributed by atoms with Crippen LogP contribution in [0.4, 0.5) is 24.5 Å². The molecule has 0 spiro atoms. The summed E-state index contributed by atoms with van der Waals surface area (Å²) < 4.78 is 49.0. The number of amides is 1. The van der Waals surface area contributed by atoms with Crippen LogP contribution in [0.5, 0.6) is 0 Å². The van der Waals surface area contributed by atoms with Crippen molar-refractivity contribution in [2.45, 2.75) is 51.9 Å². The first-order valence-corrected chi connectivity index (χ1v) is 16.7. The minimum Gasteiger partial charge on any atom is -0.398 e. The zero-order valence-corrected chi connectivity index (χ0v) is 28.5. The van der Waals surface area contributed by atoms with Gasteiger partial charge in [-0.25, -0.2) is 22.5 Å². The summed E-state index contributed by atoms with van der Waals surface area (Å²) in [7, 11) is 0. The van der Waals surface area contributed by atoms with Crippen LogP contribution in [0.2, 0.25) is 20.4 Å². The maximum Gasteiger partial charge on any atom is 0.276 e. The molecule has 0 radical (unpaired) electrons. The molecule has 2 aliphatic rings. The van der Waals surface area contributed by atoms with E-state index < -0.39 is 28.9 Å². The highest BCUT2D eigenvalue weighted by atomic mass is 35.5. The van der Waals surface area contributed by atoms with E-state index in [9.17, 15) is 27.6 Å². The number of halogens is 7. The Kier molecular flexibility index (Phi) is 9.95. The number of benzene rings is 3. The molecule has 16 heteroatoms. The van der Waals surface area contributed by atoms with Crippen molar-refractivity contribution in [1.82, 2.24) is 18.7 Å². The Morgan fingerprint density at radius 3 is 1.63 bits per heavy atom. The lowest BCUT2D eigenvalue weighted by molar-refractivity contribution is 0.102. The van der Waals surface area contributed by atoms with E-state index in [0.29, 0.717) is 26.2 Å². The zero-order valence-electron chi connectivity index (χ0n) is 25.5. The molecule has 0 aliphatic carbocycles. The highest BCUT2D eigenvalue weighted by Crippen LogP contribution is 2.36. The van der Waals surface area contributed by atoms with Gasteiger partial charge in [-0.2, -0.15) is 0 Å². The number of anilines is 2. The fourth-order valence-electron chi connectivity index (χ4n) is 5.93. The van der Waals surface area contributed by atoms with Crippen molar-refractivity contribution >= 4 is 63.7 Å². The van der Waals surface area contributed by atoms with Crippen molar-refractivity contribution < 1.29 is 18.0 Å². The average molecular weight is 754 g/mol. The quantitative estimate of drug-likeness (QED) is 0.181. The Hall–Kier alpha value is -4.10. The van der Waals surface area contributed by atoms with E-state index in [0.717, 1.165) is 43.9 Å². The van der Waals surface area contributed by atoms with Gasteiger partial charge in [0.1, 0.15) is 27.8 Å². The number of hydrogen-bond acceptors (Lipinski definition) is 4. The molecule has 5 aromatic rings. The maximum absolute atomic E-state index is 14.7. The van der Waals surface area contributed by atoms with E-state index in [4.69, 9.17) is 52.1 Å². The molecule has 0 fully saturated rings. The maximum atomic E-state index is 14.7. The molecule has 2 aliphatic heterocycles. The first kappa shape index (κ1) is 34.8. The molecule has 0 saturated heterocycles. The summed E-state index contributed by atoms with van der Waals surface area (Å²) in [4.78, 5) is 37.6. The summed E-state index contributed by atoms with van der Waals surface area (Å²) in [6.07, 6.45) is 3.54. The number of rotatable bonds is 4. The lowest BCUT2D eigenvalue weighted by atomic mass is 10.1. The monoisotopic (exact) mass is 752 g/mol. The number of carbonyl (C=O) groups excluding carboxylic acids is 1. The fourth-order valence-corrected chi connectivity index (χ4v) is 7.00. The number of nitrogens with zero attached hydrogens (tertiary/aromatic N) is 4. The van der Waals surface area contributed by atoms with Gasteiger partial charge in [-0.05, 0) is 62.1 Å². The van der Waals surface area contributed by atoms with Crippen molar-refractivity contribution in [2.75, 3.05) is 11.1 Å². The zero-order chi connectivity index (χ0) is 35.1. The lowest BCUT2D eigenvalue weighted by Crippen LogP contribution is -2.27. The van der Waals surface area contributed by atoms with Crippen molar-refractivity contribution in [3.05, 3.63) is 113 Å². The molecule has 256 valence electrons. The van der Waals surface area contributed by atoms with Crippen LogP contribution in [0.3, 0.4) is 0 Å². The molecular formula is C33H27Cl4F3N6O3. The van der Waals surface area contributed by atoms with E-state index in [-0.39, 0.29) is 65.1 Å². The average Bonchev–Trinajstić information content (AvgIpc) is 3.48. The van der Waals surface area contributed by atoms with Gasteiger partial charge in [-0.3, -0.25) is 23.7 Å². The van der Waals surface area contributed by atoms with Crippen LogP contribution in [0, 0.1) is 17.5 Å². The third-order valence-corrected chi connectivity index (χ3v) is 9.78. The highest BCUT2D eigenvalue weighted by molar-refractivity contribution is 6.35. The van der Waals surface area contributed by atoms with Crippen molar-refractivity contribution in [3.8, 4) is 22.3 Å². The highest BCUT2D eigenvalue weighted by Gasteiger charge is 2.26. The predicted molar refractivity (Wildman–Crippen MR) is 185 cm³/mol. The van der Waals surface area contributed by atoms with Crippen molar-refractivity contribution in [1.29, 1.82) is 0 Å². The summed E-state index contributed by atoms with van der Waals surface area (Å²) >= 11 is 24.5. The minimum atomic E-state index is -0.749. The molecule has 0 unspecified atom stereocenters. The van der Waals surface area contributed by atoms with E-state index >= 15 is 0 Å². The Bertz CT molecular complexity index is 2240. The molecule has 0 atom stereocenters. The van der Waals surface area contributed by atoms with E-state index in [2.05, 4.69) is 5.32 Å². The van der Waals surface area contributed by atoms with Gasteiger partial charge in [-0.1, -0.05) is 58.5 Å². The summed E-state index contributed by atoms with van der Waals surface area (Å²) in [6.45, 7) is 2.28. The molecule has 9 nitrogen and oxygen atoms in total. The third kappa shape index (κ3) is 6.50. The molecule has 3 N–H and O–H groups in total. The molecule has 0 bridgehead atoms. The van der Waals surface area contributed by atoms with Crippen molar-refractivity contribution in [2.24, 2.45) is 0 Å². The van der Waals surface area contributed by atoms with Gasteiger partial charge in [0.2, 0.25) is 0 Å². The standard InChI is InChI=1S/C20H15Cl2F2N3O2.C13H12Cl2FN3O/c21-13-10-15(24)12(17-18(22)26-7-3-4-8-27(26)20(17)29)9-16(13)25-19(28)11-5-1-2-6-14(11)23;14-8-6-9(16)7(5-10(8)17)11-12(15)18-3-1-2-4-19(18)13(11)20/h1-2,5-6,9-10H,3-4,7-8H2,(H,25,28);5-6H,1-4,17H2. The second kappa shape index (κ2) is 14.0. The number of nitrogens with two attached hydrogens (primary N) is 1. The van der Waals surface area contributed by atoms with E-state index in [1.165, 1.54) is 35.0 Å². The summed E-state index contributed by atoms with van der Waals surface area (Å²) in [5, 5.41) is 2.87. The van der Waals surface area contributed by atoms with Crippen LogP contribution in [0.1, 0.15) is 36.0 Å². The van der Waals surface area contributed by atoms with Gasteiger partial charge in [0.05, 0.1) is 38.1 Å². The van der Waals surface area contributed by atoms with E-state index in [1.54, 1.807) is 14.0 Å². The SMILES string of the molecule is Nc1cc(-c2c(Cl)n3n(c2=O)CCCC3)c(F)cc1Cl.O=C(Nc1cc(-c2c(Cl)n3n(c2=O)CCCC3)c(F)cc1Cl)c1ccccc1F. The van der Waals surface area contributed by atoms with Crippen LogP contribution in [0.15, 0.2) is 58.1 Å². The van der Waals surface area contributed by atoms with Crippen LogP contribution >= 0.6 is 46.4 Å². The fraction of sp³-hybridized carbons (Fsp3) is 0.242. The molecule has 49 heavy (non-hydrogen) atoms. The number of nitrogens with one attached hydrogen (secondary N) is 1. The normalized spacial score (nSPS) is 13.7. The van der Waals surface area contributed by atoms with Gasteiger partial charge in [0, 0.05) is 37.3 Å². The van der Waals surface area contributed by atoms with Crippen LogP contribution < -0.4 is 22.2 Å². The Morgan fingerprint density at radius 1 is 0.653 bits per heavy atom. The number of fused-ring (bicyclic) bond motifs is 2. The van der Waals surface area contributed by atoms with Gasteiger partial charge >= 0.3 is 0 Å². The Balaban J connectivity index is 0.000000182. The number of aromatic nitrogens is 4. The van der Waals surface area contributed by atoms with Crippen LogP contribution in [-0.4, -0.2) is 24.6 Å². The summed E-state index contributed by atoms with van der Waals surface area (Å²) in [5.41, 5.74) is 5.22. The smallest absolute Gasteiger partial charge is 0.276 e. The molecule has 3 aromatic carbocycles. The molecule has 7 rings (SSSR count). The van der Waals surface area contributed by atoms with E-state index in [1.807, 2.05) is 0 Å². The topological polar surface area (TPSA) is 109 Å². The second-order valence-electron chi connectivity index (χ2n) is 11.4. The Labute approximate surface area is 297 Å². The molecule has 1 amide bonds. The van der Waals surface area contributed by atoms with Gasteiger partial charge in [0.15, 0.2) is 0 Å². The van der Waals surface area contributed by atoms with Gasteiger partial charge < -0.3 is 11.1 Å². The number of hydrogen-bond donors (Lipinski definition) is 2. The van der Waals surface area contributed by atoms with Crippen LogP contribution in [-0.2, 0) is 26.2 Å². The molecular weight excluding hydrogens is 727 g/mol. The molecule has 0 saturated carbocycles. The van der Waals surface area contributed by atoms with Crippen LogP contribution in [0.25, 0.3) is 22.3 Å². The molecule has 2 aromatic heterocycles. The Morgan fingerprint density at radius 2 is 1.12 bits per heavy atom. The summed E-state index contributed by atoms with van der Waals surface area (Å²) in [5.74, 6) is -2.81. The number of nitrogen functional groups attached to an aromatic ring is 1. The number of carbonyl (C=O) groups is 1. The third-order valence-electron chi connectivity index (χ3n) is 8.37. The van der Waals surface area contributed by atoms with Gasteiger partial charge in [-0.15, -0.1) is 0 Å². The minimum absolute atomic E-state index is 0.00382. The second-order valence-corrected chi connectivity index (χ2v) is 13.0. The largest absolute Gasteiger partial charge is 0.398 e. The predicted octanol–water partition coefficient (Wildman–Crippen LogP) is 8.09. The first-order chi connectivity index (χ1) is 23.4. The lowest BCUT2D eigenvalue weighted by Gasteiger charge is -2.17.